The number of hydrogen-bond donors (Lipinski definition) is 3. The minimum atomic E-state index is -0.545. The molecule has 0 spiro atoms. The molecule has 0 radical (unpaired) electrons. The minimum Gasteiger partial charge on any atom is -0.389 e. The van der Waals surface area contributed by atoms with Gasteiger partial charge in [0.05, 0.1) is 5.60 Å². The van der Waals surface area contributed by atoms with Gasteiger partial charge in [0.25, 0.3) is 0 Å². The standard InChI is InChI=1S/C17H26N2O2/c20-16-9-8-13-14(6-5-7-15(13)19-16)18-12-17(21)10-3-1-2-4-11-17/h8-9,14,18,21H,1-7,10-12H2,(H,19,20). The SMILES string of the molecule is O=c1ccc2c([nH]1)CCCC2NCC1(O)CCCCCC1. The van der Waals surface area contributed by atoms with Crippen molar-refractivity contribution in [2.24, 2.45) is 0 Å². The number of fused-ring (bicyclic) bond motifs is 1. The highest BCUT2D eigenvalue weighted by molar-refractivity contribution is 5.26. The van der Waals surface area contributed by atoms with Gasteiger partial charge in [-0.2, -0.15) is 0 Å². The van der Waals surface area contributed by atoms with Crippen molar-refractivity contribution in [3.8, 4) is 0 Å². The Balaban J connectivity index is 1.67. The third-order valence-corrected chi connectivity index (χ3v) is 5.04. The summed E-state index contributed by atoms with van der Waals surface area (Å²) < 4.78 is 0. The van der Waals surface area contributed by atoms with Gasteiger partial charge in [-0.05, 0) is 37.7 Å². The normalized spacial score (nSPS) is 25.1. The van der Waals surface area contributed by atoms with E-state index in [-0.39, 0.29) is 11.6 Å². The topological polar surface area (TPSA) is 65.1 Å². The van der Waals surface area contributed by atoms with Crippen LogP contribution in [0, 0.1) is 0 Å². The van der Waals surface area contributed by atoms with Crippen LogP contribution in [0.1, 0.15) is 68.7 Å². The first-order chi connectivity index (χ1) is 10.2. The van der Waals surface area contributed by atoms with Gasteiger partial charge >= 0.3 is 0 Å². The number of pyridine rings is 1. The average molecular weight is 290 g/mol. The molecule has 0 amide bonds. The monoisotopic (exact) mass is 290 g/mol. The van der Waals surface area contributed by atoms with E-state index in [2.05, 4.69) is 10.3 Å². The summed E-state index contributed by atoms with van der Waals surface area (Å²) >= 11 is 0. The van der Waals surface area contributed by atoms with Gasteiger partial charge in [-0.1, -0.05) is 31.7 Å². The molecular weight excluding hydrogens is 264 g/mol. The predicted octanol–water partition coefficient (Wildman–Crippen LogP) is 2.43. The van der Waals surface area contributed by atoms with E-state index < -0.39 is 5.60 Å². The van der Waals surface area contributed by atoms with Crippen molar-refractivity contribution in [1.82, 2.24) is 10.3 Å². The molecule has 1 saturated carbocycles. The van der Waals surface area contributed by atoms with E-state index >= 15 is 0 Å². The molecule has 116 valence electrons. The van der Waals surface area contributed by atoms with Crippen LogP contribution >= 0.6 is 0 Å². The molecule has 0 aromatic carbocycles. The second-order valence-corrected chi connectivity index (χ2v) is 6.72. The minimum absolute atomic E-state index is 0.0169. The van der Waals surface area contributed by atoms with Crippen LogP contribution in [0.4, 0.5) is 0 Å². The van der Waals surface area contributed by atoms with E-state index in [4.69, 9.17) is 0 Å². The van der Waals surface area contributed by atoms with Crippen LogP contribution in [-0.2, 0) is 6.42 Å². The second-order valence-electron chi connectivity index (χ2n) is 6.72. The summed E-state index contributed by atoms with van der Waals surface area (Å²) in [7, 11) is 0. The Morgan fingerprint density at radius 3 is 2.71 bits per heavy atom. The Morgan fingerprint density at radius 1 is 1.19 bits per heavy atom. The Labute approximate surface area is 126 Å². The van der Waals surface area contributed by atoms with E-state index in [0.717, 1.165) is 50.6 Å². The fourth-order valence-corrected chi connectivity index (χ4v) is 3.79. The highest BCUT2D eigenvalue weighted by atomic mass is 16.3. The predicted molar refractivity (Wildman–Crippen MR) is 83.4 cm³/mol. The van der Waals surface area contributed by atoms with Gasteiger partial charge in [-0.25, -0.2) is 0 Å². The molecule has 4 heteroatoms. The number of H-pyrrole nitrogens is 1. The molecule has 1 fully saturated rings. The lowest BCUT2D eigenvalue weighted by Crippen LogP contribution is -2.42. The second kappa shape index (κ2) is 6.32. The lowest BCUT2D eigenvalue weighted by molar-refractivity contribution is 0.0221. The van der Waals surface area contributed by atoms with E-state index in [1.807, 2.05) is 6.07 Å². The number of aromatic nitrogens is 1. The van der Waals surface area contributed by atoms with Crippen molar-refractivity contribution < 1.29 is 5.11 Å². The summed E-state index contributed by atoms with van der Waals surface area (Å²) in [5.41, 5.74) is 1.71. The van der Waals surface area contributed by atoms with Gasteiger partial charge in [0.2, 0.25) is 5.56 Å². The largest absolute Gasteiger partial charge is 0.389 e. The zero-order valence-corrected chi connectivity index (χ0v) is 12.7. The van der Waals surface area contributed by atoms with Crippen LogP contribution < -0.4 is 10.9 Å². The van der Waals surface area contributed by atoms with Crippen molar-refractivity contribution >= 4 is 0 Å². The number of hydrogen-bond acceptors (Lipinski definition) is 3. The van der Waals surface area contributed by atoms with Crippen molar-refractivity contribution in [2.45, 2.75) is 69.4 Å². The van der Waals surface area contributed by atoms with Crippen LogP contribution in [0.5, 0.6) is 0 Å². The van der Waals surface area contributed by atoms with E-state index in [9.17, 15) is 9.90 Å². The Hall–Kier alpha value is -1.13. The molecule has 2 aliphatic rings. The van der Waals surface area contributed by atoms with E-state index in [1.165, 1.54) is 18.4 Å². The number of aliphatic hydroxyl groups is 1. The summed E-state index contributed by atoms with van der Waals surface area (Å²) in [6.45, 7) is 0.663. The fourth-order valence-electron chi connectivity index (χ4n) is 3.79. The van der Waals surface area contributed by atoms with Crippen LogP contribution in [0.25, 0.3) is 0 Å². The quantitative estimate of drug-likeness (QED) is 0.749. The Bertz CT molecular complexity index is 530. The highest BCUT2D eigenvalue weighted by Gasteiger charge is 2.30. The summed E-state index contributed by atoms with van der Waals surface area (Å²) in [6, 6.07) is 3.82. The molecule has 1 atom stereocenters. The number of aromatic amines is 1. The third-order valence-electron chi connectivity index (χ3n) is 5.04. The lowest BCUT2D eigenvalue weighted by Gasteiger charge is -2.32. The Morgan fingerprint density at radius 2 is 1.95 bits per heavy atom. The first kappa shape index (κ1) is 14.8. The zero-order valence-electron chi connectivity index (χ0n) is 12.7. The molecule has 0 aliphatic heterocycles. The number of rotatable bonds is 3. The van der Waals surface area contributed by atoms with Gasteiger partial charge in [-0.15, -0.1) is 0 Å². The Kier molecular flexibility index (Phi) is 4.45. The van der Waals surface area contributed by atoms with Crippen molar-refractivity contribution in [1.29, 1.82) is 0 Å². The van der Waals surface area contributed by atoms with Crippen LogP contribution in [0.3, 0.4) is 0 Å². The van der Waals surface area contributed by atoms with E-state index in [1.54, 1.807) is 6.07 Å². The van der Waals surface area contributed by atoms with Gasteiger partial charge < -0.3 is 15.4 Å². The van der Waals surface area contributed by atoms with Crippen molar-refractivity contribution in [2.75, 3.05) is 6.54 Å². The van der Waals surface area contributed by atoms with Gasteiger partial charge in [0, 0.05) is 24.3 Å². The summed E-state index contributed by atoms with van der Waals surface area (Å²) in [6.07, 6.45) is 9.69. The lowest BCUT2D eigenvalue weighted by atomic mass is 9.89. The number of nitrogens with one attached hydrogen (secondary N) is 2. The molecule has 1 unspecified atom stereocenters. The van der Waals surface area contributed by atoms with Crippen LogP contribution in [0.2, 0.25) is 0 Å². The molecule has 1 heterocycles. The third kappa shape index (κ3) is 3.55. The van der Waals surface area contributed by atoms with Gasteiger partial charge in [-0.3, -0.25) is 4.79 Å². The molecule has 21 heavy (non-hydrogen) atoms. The molecule has 4 nitrogen and oxygen atoms in total. The maximum Gasteiger partial charge on any atom is 0.248 e. The summed E-state index contributed by atoms with van der Waals surface area (Å²) in [5.74, 6) is 0. The van der Waals surface area contributed by atoms with Crippen molar-refractivity contribution in [3.05, 3.63) is 33.7 Å². The molecule has 3 N–H and O–H groups in total. The fraction of sp³-hybridized carbons (Fsp3) is 0.706. The molecule has 3 rings (SSSR count). The molecule has 1 aromatic heterocycles. The first-order valence-corrected chi connectivity index (χ1v) is 8.34. The van der Waals surface area contributed by atoms with Crippen LogP contribution in [0.15, 0.2) is 16.9 Å². The zero-order chi connectivity index (χ0) is 14.7. The van der Waals surface area contributed by atoms with Gasteiger partial charge in [0.15, 0.2) is 0 Å². The molecule has 0 bridgehead atoms. The van der Waals surface area contributed by atoms with E-state index in [0.29, 0.717) is 6.54 Å². The molecule has 2 aliphatic carbocycles. The smallest absolute Gasteiger partial charge is 0.248 e. The highest BCUT2D eigenvalue weighted by Crippen LogP contribution is 2.30. The van der Waals surface area contributed by atoms with Crippen molar-refractivity contribution in [3.63, 3.8) is 0 Å². The van der Waals surface area contributed by atoms with Gasteiger partial charge in [0.1, 0.15) is 0 Å². The molecule has 1 aromatic rings. The number of aryl methyl sites for hydroxylation is 1. The van der Waals surface area contributed by atoms with Crippen LogP contribution in [-0.4, -0.2) is 22.2 Å². The first-order valence-electron chi connectivity index (χ1n) is 8.34. The maximum atomic E-state index is 11.4. The maximum absolute atomic E-state index is 11.4. The summed E-state index contributed by atoms with van der Waals surface area (Å²) in [4.78, 5) is 14.4. The molecular formula is C17H26N2O2. The summed E-state index contributed by atoms with van der Waals surface area (Å²) in [5, 5.41) is 14.3. The molecule has 0 saturated heterocycles. The average Bonchev–Trinajstić information content (AvgIpc) is 2.70.